The van der Waals surface area contributed by atoms with Crippen LogP contribution in [0.5, 0.6) is 0 Å². The van der Waals surface area contributed by atoms with Crippen LogP contribution in [-0.4, -0.2) is 35.6 Å². The lowest BCUT2D eigenvalue weighted by Crippen LogP contribution is -2.28. The molecular weight excluding hydrogens is 316 g/mol. The van der Waals surface area contributed by atoms with Crippen molar-refractivity contribution < 1.29 is 9.53 Å². The van der Waals surface area contributed by atoms with Crippen LogP contribution in [0, 0.1) is 11.3 Å². The molecule has 6 heteroatoms. The first kappa shape index (κ1) is 17.2. The van der Waals surface area contributed by atoms with Gasteiger partial charge in [0.25, 0.3) is 0 Å². The fourth-order valence-corrected chi connectivity index (χ4v) is 3.16. The van der Waals surface area contributed by atoms with Gasteiger partial charge in [0.1, 0.15) is 5.69 Å². The second kappa shape index (κ2) is 7.93. The average molecular weight is 338 g/mol. The number of hydrogen-bond donors (Lipinski definition) is 0. The largest absolute Gasteiger partial charge is 0.465 e. The number of para-hydroxylation sites is 2. The third-order valence-corrected chi connectivity index (χ3v) is 4.41. The van der Waals surface area contributed by atoms with Crippen LogP contribution in [0.2, 0.25) is 0 Å². The third kappa shape index (κ3) is 3.71. The SMILES string of the molecule is CCOC(=O)[C@H](C#N)c1nc2ccccc2nc1N1CCCCCC1. The molecule has 1 fully saturated rings. The first-order valence-electron chi connectivity index (χ1n) is 8.82. The second-order valence-electron chi connectivity index (χ2n) is 6.14. The van der Waals surface area contributed by atoms with E-state index in [1.54, 1.807) is 6.92 Å². The van der Waals surface area contributed by atoms with Gasteiger partial charge in [-0.1, -0.05) is 25.0 Å². The molecule has 3 rings (SSSR count). The minimum Gasteiger partial charge on any atom is -0.465 e. The summed E-state index contributed by atoms with van der Waals surface area (Å²) in [5.74, 6) is -0.985. The maximum absolute atomic E-state index is 12.3. The number of hydrogen-bond acceptors (Lipinski definition) is 6. The van der Waals surface area contributed by atoms with Crippen LogP contribution in [-0.2, 0) is 9.53 Å². The summed E-state index contributed by atoms with van der Waals surface area (Å²) in [6.07, 6.45) is 4.52. The molecule has 0 radical (unpaired) electrons. The predicted octanol–water partition coefficient (Wildman–Crippen LogP) is 3.18. The molecule has 0 aliphatic carbocycles. The van der Waals surface area contributed by atoms with Crippen LogP contribution >= 0.6 is 0 Å². The van der Waals surface area contributed by atoms with E-state index in [1.165, 1.54) is 12.8 Å². The van der Waals surface area contributed by atoms with Gasteiger partial charge in [-0.25, -0.2) is 9.97 Å². The smallest absolute Gasteiger partial charge is 0.329 e. The number of carbonyl (C=O) groups is 1. The molecule has 1 aromatic carbocycles. The molecule has 0 amide bonds. The Kier molecular flexibility index (Phi) is 5.44. The normalized spacial score (nSPS) is 16.1. The Balaban J connectivity index is 2.11. The quantitative estimate of drug-likeness (QED) is 0.797. The molecular formula is C19H22N4O2. The van der Waals surface area contributed by atoms with Crippen molar-refractivity contribution in [2.45, 2.75) is 38.5 Å². The van der Waals surface area contributed by atoms with Crippen LogP contribution in [0.4, 0.5) is 5.82 Å². The maximum atomic E-state index is 12.3. The summed E-state index contributed by atoms with van der Waals surface area (Å²) < 4.78 is 5.08. The van der Waals surface area contributed by atoms with Gasteiger partial charge in [-0.05, 0) is 31.9 Å². The summed E-state index contributed by atoms with van der Waals surface area (Å²) in [5.41, 5.74) is 1.85. The second-order valence-corrected chi connectivity index (χ2v) is 6.14. The molecule has 1 aliphatic heterocycles. The molecule has 25 heavy (non-hydrogen) atoms. The number of carbonyl (C=O) groups excluding carboxylic acids is 1. The molecule has 1 aromatic heterocycles. The lowest BCUT2D eigenvalue weighted by Gasteiger charge is -2.25. The Morgan fingerprint density at radius 2 is 1.84 bits per heavy atom. The van der Waals surface area contributed by atoms with Crippen LogP contribution in [0.25, 0.3) is 11.0 Å². The van der Waals surface area contributed by atoms with Crippen LogP contribution < -0.4 is 4.90 Å². The molecule has 0 saturated carbocycles. The molecule has 2 heterocycles. The van der Waals surface area contributed by atoms with Crippen molar-refractivity contribution in [3.05, 3.63) is 30.0 Å². The lowest BCUT2D eigenvalue weighted by molar-refractivity contribution is -0.143. The van der Waals surface area contributed by atoms with Gasteiger partial charge < -0.3 is 9.64 Å². The van der Waals surface area contributed by atoms with Crippen molar-refractivity contribution in [3.63, 3.8) is 0 Å². The molecule has 0 N–H and O–H groups in total. The van der Waals surface area contributed by atoms with Gasteiger partial charge >= 0.3 is 5.97 Å². The highest BCUT2D eigenvalue weighted by molar-refractivity contribution is 5.85. The highest BCUT2D eigenvalue weighted by atomic mass is 16.5. The Bertz CT molecular complexity index is 792. The number of aromatic nitrogens is 2. The van der Waals surface area contributed by atoms with Crippen LogP contribution in [0.3, 0.4) is 0 Å². The lowest BCUT2D eigenvalue weighted by atomic mass is 10.1. The fraction of sp³-hybridized carbons (Fsp3) is 0.474. The number of benzene rings is 1. The van der Waals surface area contributed by atoms with E-state index in [0.29, 0.717) is 17.0 Å². The minimum atomic E-state index is -1.06. The van der Waals surface area contributed by atoms with E-state index in [2.05, 4.69) is 16.0 Å². The highest BCUT2D eigenvalue weighted by Crippen LogP contribution is 2.29. The number of nitriles is 1. The molecule has 0 bridgehead atoms. The van der Waals surface area contributed by atoms with E-state index >= 15 is 0 Å². The molecule has 0 spiro atoms. The number of esters is 1. The van der Waals surface area contributed by atoms with Crippen LogP contribution in [0.1, 0.15) is 44.2 Å². The Labute approximate surface area is 147 Å². The molecule has 1 atom stereocenters. The summed E-state index contributed by atoms with van der Waals surface area (Å²) in [7, 11) is 0. The zero-order valence-electron chi connectivity index (χ0n) is 14.4. The summed E-state index contributed by atoms with van der Waals surface area (Å²) in [6.45, 7) is 3.69. The minimum absolute atomic E-state index is 0.233. The first-order chi connectivity index (χ1) is 12.2. The first-order valence-corrected chi connectivity index (χ1v) is 8.82. The average Bonchev–Trinajstić information content (AvgIpc) is 2.91. The Morgan fingerprint density at radius 1 is 1.20 bits per heavy atom. The maximum Gasteiger partial charge on any atom is 0.329 e. The van der Waals surface area contributed by atoms with E-state index in [0.717, 1.165) is 31.4 Å². The predicted molar refractivity (Wildman–Crippen MR) is 95.2 cm³/mol. The number of fused-ring (bicyclic) bond motifs is 1. The number of ether oxygens (including phenoxy) is 1. The van der Waals surface area contributed by atoms with E-state index in [9.17, 15) is 10.1 Å². The van der Waals surface area contributed by atoms with E-state index in [-0.39, 0.29) is 6.61 Å². The summed E-state index contributed by atoms with van der Waals surface area (Å²) in [5, 5.41) is 9.59. The van der Waals surface area contributed by atoms with Crippen molar-refractivity contribution in [3.8, 4) is 6.07 Å². The van der Waals surface area contributed by atoms with Gasteiger partial charge in [-0.2, -0.15) is 5.26 Å². The zero-order chi connectivity index (χ0) is 17.6. The number of anilines is 1. The highest BCUT2D eigenvalue weighted by Gasteiger charge is 2.30. The third-order valence-electron chi connectivity index (χ3n) is 4.41. The van der Waals surface area contributed by atoms with Crippen LogP contribution in [0.15, 0.2) is 24.3 Å². The fourth-order valence-electron chi connectivity index (χ4n) is 3.16. The molecule has 6 nitrogen and oxygen atoms in total. The monoisotopic (exact) mass is 338 g/mol. The molecule has 2 aromatic rings. The van der Waals surface area contributed by atoms with Gasteiger partial charge in [-0.3, -0.25) is 4.79 Å². The summed E-state index contributed by atoms with van der Waals surface area (Å²) >= 11 is 0. The topological polar surface area (TPSA) is 79.1 Å². The standard InChI is InChI=1S/C19H22N4O2/c1-2-25-19(24)14(13-20)17-18(23-11-7-3-4-8-12-23)22-16-10-6-5-9-15(16)21-17/h5-6,9-10,14H,2-4,7-8,11-12H2,1H3/t14-/m1/s1. The van der Waals surface area contributed by atoms with Crippen molar-refractivity contribution in [1.82, 2.24) is 9.97 Å². The van der Waals surface area contributed by atoms with Crippen molar-refractivity contribution >= 4 is 22.8 Å². The number of rotatable bonds is 4. The summed E-state index contributed by atoms with van der Waals surface area (Å²) in [4.78, 5) is 23.8. The van der Waals surface area contributed by atoms with Gasteiger partial charge in [-0.15, -0.1) is 0 Å². The van der Waals surface area contributed by atoms with Crippen molar-refractivity contribution in [2.24, 2.45) is 0 Å². The van der Waals surface area contributed by atoms with Gasteiger partial charge in [0, 0.05) is 13.1 Å². The zero-order valence-corrected chi connectivity index (χ0v) is 14.4. The number of nitrogens with zero attached hydrogens (tertiary/aromatic N) is 4. The summed E-state index contributed by atoms with van der Waals surface area (Å²) in [6, 6.07) is 9.59. The van der Waals surface area contributed by atoms with Gasteiger partial charge in [0.05, 0.1) is 23.7 Å². The molecule has 130 valence electrons. The van der Waals surface area contributed by atoms with Crippen molar-refractivity contribution in [2.75, 3.05) is 24.6 Å². The Hall–Kier alpha value is -2.68. The molecule has 1 aliphatic rings. The Morgan fingerprint density at radius 3 is 2.44 bits per heavy atom. The van der Waals surface area contributed by atoms with Gasteiger partial charge in [0.2, 0.25) is 0 Å². The van der Waals surface area contributed by atoms with Crippen molar-refractivity contribution in [1.29, 1.82) is 5.26 Å². The molecule has 1 saturated heterocycles. The van der Waals surface area contributed by atoms with E-state index in [4.69, 9.17) is 9.72 Å². The van der Waals surface area contributed by atoms with E-state index in [1.807, 2.05) is 24.3 Å². The molecule has 0 unspecified atom stereocenters. The van der Waals surface area contributed by atoms with Gasteiger partial charge in [0.15, 0.2) is 11.7 Å². The van der Waals surface area contributed by atoms with E-state index < -0.39 is 11.9 Å².